The molecule has 2 N–H and O–H groups in total. The standard InChI is InChI=1S/C17H29N3/c1-5-14(18)11-15-10-12(2)19-16(20-15)13-6-8-17(3,4)9-7-13/h10,13-14H,5-9,11,18H2,1-4H3. The summed E-state index contributed by atoms with van der Waals surface area (Å²) in [7, 11) is 0. The van der Waals surface area contributed by atoms with Gasteiger partial charge in [-0.05, 0) is 50.5 Å². The summed E-state index contributed by atoms with van der Waals surface area (Å²) in [4.78, 5) is 9.49. The monoisotopic (exact) mass is 275 g/mol. The zero-order chi connectivity index (χ0) is 14.8. The number of hydrogen-bond acceptors (Lipinski definition) is 3. The van der Waals surface area contributed by atoms with Gasteiger partial charge in [0.05, 0.1) is 0 Å². The number of aryl methyl sites for hydroxylation is 1. The number of aromatic nitrogens is 2. The molecule has 1 unspecified atom stereocenters. The SMILES string of the molecule is CCC(N)Cc1cc(C)nc(C2CCC(C)(C)CC2)n1. The maximum absolute atomic E-state index is 6.06. The van der Waals surface area contributed by atoms with Crippen LogP contribution in [0.3, 0.4) is 0 Å². The van der Waals surface area contributed by atoms with Crippen LogP contribution in [0.25, 0.3) is 0 Å². The predicted octanol–water partition coefficient (Wildman–Crippen LogP) is 3.75. The zero-order valence-corrected chi connectivity index (χ0v) is 13.4. The van der Waals surface area contributed by atoms with E-state index in [1.807, 2.05) is 0 Å². The van der Waals surface area contributed by atoms with E-state index < -0.39 is 0 Å². The summed E-state index contributed by atoms with van der Waals surface area (Å²) in [6, 6.07) is 2.30. The van der Waals surface area contributed by atoms with Crippen LogP contribution in [0, 0.1) is 12.3 Å². The molecule has 0 saturated heterocycles. The molecule has 2 rings (SSSR count). The van der Waals surface area contributed by atoms with Crippen molar-refractivity contribution in [2.24, 2.45) is 11.1 Å². The van der Waals surface area contributed by atoms with Crippen molar-refractivity contribution < 1.29 is 0 Å². The second-order valence-corrected chi connectivity index (χ2v) is 7.17. The quantitative estimate of drug-likeness (QED) is 0.910. The average molecular weight is 275 g/mol. The summed E-state index contributed by atoms with van der Waals surface area (Å²) in [6.45, 7) is 8.93. The molecule has 3 heteroatoms. The molecule has 1 aromatic rings. The molecule has 0 spiro atoms. The lowest BCUT2D eigenvalue weighted by Gasteiger charge is -2.33. The smallest absolute Gasteiger partial charge is 0.131 e. The van der Waals surface area contributed by atoms with Crippen molar-refractivity contribution in [3.05, 3.63) is 23.3 Å². The molecule has 0 amide bonds. The Hall–Kier alpha value is -0.960. The van der Waals surface area contributed by atoms with Crippen LogP contribution in [0.5, 0.6) is 0 Å². The Bertz CT molecular complexity index is 444. The van der Waals surface area contributed by atoms with E-state index in [1.54, 1.807) is 0 Å². The molecule has 1 heterocycles. The van der Waals surface area contributed by atoms with E-state index in [-0.39, 0.29) is 6.04 Å². The fourth-order valence-electron chi connectivity index (χ4n) is 3.02. The summed E-state index contributed by atoms with van der Waals surface area (Å²) in [5.74, 6) is 1.60. The number of rotatable bonds is 4. The molecule has 0 aliphatic heterocycles. The number of nitrogens with two attached hydrogens (primary N) is 1. The Morgan fingerprint density at radius 3 is 2.55 bits per heavy atom. The molecule has 0 bridgehead atoms. The minimum atomic E-state index is 0.211. The summed E-state index contributed by atoms with van der Waals surface area (Å²) in [5.41, 5.74) is 8.75. The summed E-state index contributed by atoms with van der Waals surface area (Å²) in [6.07, 6.45) is 6.85. The first-order valence-corrected chi connectivity index (χ1v) is 7.99. The van der Waals surface area contributed by atoms with Crippen molar-refractivity contribution in [1.29, 1.82) is 0 Å². The predicted molar refractivity (Wildman–Crippen MR) is 83.7 cm³/mol. The van der Waals surface area contributed by atoms with Gasteiger partial charge in [-0.2, -0.15) is 0 Å². The molecule has 112 valence electrons. The Morgan fingerprint density at radius 1 is 1.30 bits per heavy atom. The molecule has 1 atom stereocenters. The van der Waals surface area contributed by atoms with Gasteiger partial charge in [0, 0.05) is 29.8 Å². The fourth-order valence-corrected chi connectivity index (χ4v) is 3.02. The summed E-state index contributed by atoms with van der Waals surface area (Å²) in [5, 5.41) is 0. The molecule has 3 nitrogen and oxygen atoms in total. The maximum atomic E-state index is 6.06. The van der Waals surface area contributed by atoms with Gasteiger partial charge in [-0.3, -0.25) is 0 Å². The molecular weight excluding hydrogens is 246 g/mol. The lowest BCUT2D eigenvalue weighted by molar-refractivity contribution is 0.220. The molecule has 1 aromatic heterocycles. The van der Waals surface area contributed by atoms with Gasteiger partial charge in [0.25, 0.3) is 0 Å². The third kappa shape index (κ3) is 4.02. The lowest BCUT2D eigenvalue weighted by Crippen LogP contribution is -2.24. The molecule has 1 aliphatic rings. The molecule has 1 saturated carbocycles. The first-order valence-electron chi connectivity index (χ1n) is 7.99. The first-order chi connectivity index (χ1) is 9.39. The Balaban J connectivity index is 2.12. The van der Waals surface area contributed by atoms with Gasteiger partial charge < -0.3 is 5.73 Å². The van der Waals surface area contributed by atoms with E-state index >= 15 is 0 Å². The second kappa shape index (κ2) is 6.21. The van der Waals surface area contributed by atoms with Crippen LogP contribution >= 0.6 is 0 Å². The van der Waals surface area contributed by atoms with Crippen LogP contribution < -0.4 is 5.73 Å². The van der Waals surface area contributed by atoms with Gasteiger partial charge in [-0.15, -0.1) is 0 Å². The van der Waals surface area contributed by atoms with Crippen LogP contribution in [0.15, 0.2) is 6.07 Å². The largest absolute Gasteiger partial charge is 0.327 e. The molecule has 20 heavy (non-hydrogen) atoms. The zero-order valence-electron chi connectivity index (χ0n) is 13.4. The van der Waals surface area contributed by atoms with Gasteiger partial charge in [0.15, 0.2) is 0 Å². The van der Waals surface area contributed by atoms with E-state index in [4.69, 9.17) is 10.7 Å². The van der Waals surface area contributed by atoms with Gasteiger partial charge in [-0.25, -0.2) is 9.97 Å². The van der Waals surface area contributed by atoms with E-state index in [2.05, 4.69) is 38.7 Å². The highest BCUT2D eigenvalue weighted by Gasteiger charge is 2.29. The molecule has 0 aromatic carbocycles. The Kier molecular flexibility index (Phi) is 4.79. The van der Waals surface area contributed by atoms with Crippen molar-refractivity contribution in [3.63, 3.8) is 0 Å². The van der Waals surface area contributed by atoms with Gasteiger partial charge in [-0.1, -0.05) is 20.8 Å². The van der Waals surface area contributed by atoms with Crippen molar-refractivity contribution >= 4 is 0 Å². The van der Waals surface area contributed by atoms with E-state index in [9.17, 15) is 0 Å². The third-order valence-corrected chi connectivity index (χ3v) is 4.62. The maximum Gasteiger partial charge on any atom is 0.131 e. The molecular formula is C17H29N3. The second-order valence-electron chi connectivity index (χ2n) is 7.17. The first kappa shape index (κ1) is 15.4. The number of hydrogen-bond donors (Lipinski definition) is 1. The normalized spacial score (nSPS) is 20.9. The van der Waals surface area contributed by atoms with Crippen LogP contribution in [0.4, 0.5) is 0 Å². The summed E-state index contributed by atoms with van der Waals surface area (Å²) < 4.78 is 0. The Morgan fingerprint density at radius 2 is 1.95 bits per heavy atom. The van der Waals surface area contributed by atoms with Crippen LogP contribution in [0.1, 0.15) is 76.0 Å². The molecule has 1 fully saturated rings. The highest BCUT2D eigenvalue weighted by molar-refractivity contribution is 5.14. The van der Waals surface area contributed by atoms with Gasteiger partial charge in [0.1, 0.15) is 5.82 Å². The van der Waals surface area contributed by atoms with E-state index in [1.165, 1.54) is 25.7 Å². The molecule has 1 aliphatic carbocycles. The van der Waals surface area contributed by atoms with Crippen molar-refractivity contribution in [1.82, 2.24) is 9.97 Å². The van der Waals surface area contributed by atoms with E-state index in [0.29, 0.717) is 11.3 Å². The topological polar surface area (TPSA) is 51.8 Å². The van der Waals surface area contributed by atoms with Crippen molar-refractivity contribution in [2.45, 2.75) is 78.2 Å². The minimum absolute atomic E-state index is 0.211. The third-order valence-electron chi connectivity index (χ3n) is 4.62. The van der Waals surface area contributed by atoms with Crippen LogP contribution in [-0.2, 0) is 6.42 Å². The van der Waals surface area contributed by atoms with Gasteiger partial charge in [0.2, 0.25) is 0 Å². The summed E-state index contributed by atoms with van der Waals surface area (Å²) >= 11 is 0. The Labute approximate surface area is 123 Å². The van der Waals surface area contributed by atoms with Crippen LogP contribution in [-0.4, -0.2) is 16.0 Å². The van der Waals surface area contributed by atoms with Gasteiger partial charge >= 0.3 is 0 Å². The highest BCUT2D eigenvalue weighted by Crippen LogP contribution is 2.41. The number of nitrogens with zero attached hydrogens (tertiary/aromatic N) is 2. The molecule has 0 radical (unpaired) electrons. The fraction of sp³-hybridized carbons (Fsp3) is 0.765. The minimum Gasteiger partial charge on any atom is -0.327 e. The highest BCUT2D eigenvalue weighted by atomic mass is 14.9. The van der Waals surface area contributed by atoms with Crippen LogP contribution in [0.2, 0.25) is 0 Å². The van der Waals surface area contributed by atoms with Crippen molar-refractivity contribution in [2.75, 3.05) is 0 Å². The van der Waals surface area contributed by atoms with Crippen molar-refractivity contribution in [3.8, 4) is 0 Å². The van der Waals surface area contributed by atoms with E-state index in [0.717, 1.165) is 30.1 Å². The lowest BCUT2D eigenvalue weighted by atomic mass is 9.73. The average Bonchev–Trinajstić information content (AvgIpc) is 2.37.